The molecule has 118 valence electrons. The van der Waals surface area contributed by atoms with Crippen molar-refractivity contribution in [3.8, 4) is 5.75 Å². The first-order chi connectivity index (χ1) is 10.3. The van der Waals surface area contributed by atoms with Crippen LogP contribution in [0.15, 0.2) is 48.5 Å². The van der Waals surface area contributed by atoms with Gasteiger partial charge in [0.05, 0.1) is 0 Å². The summed E-state index contributed by atoms with van der Waals surface area (Å²) >= 11 is 0. The number of rotatable bonds is 5. The summed E-state index contributed by atoms with van der Waals surface area (Å²) in [4.78, 5) is 2.08. The van der Waals surface area contributed by atoms with Crippen molar-refractivity contribution >= 4 is 0 Å². The minimum absolute atomic E-state index is 0.196. The first kappa shape index (κ1) is 16.4. The maximum Gasteiger partial charge on any atom is 0.573 e. The number of benzene rings is 2. The molecule has 2 aromatic rings. The smallest absolute Gasteiger partial charge is 0.406 e. The monoisotopic (exact) mass is 309 g/mol. The van der Waals surface area contributed by atoms with Crippen LogP contribution in [0.25, 0.3) is 0 Å². The fraction of sp³-hybridized carbons (Fsp3) is 0.294. The fourth-order valence-corrected chi connectivity index (χ4v) is 2.25. The van der Waals surface area contributed by atoms with E-state index in [9.17, 15) is 13.2 Å². The van der Waals surface area contributed by atoms with Gasteiger partial charge in [-0.25, -0.2) is 0 Å². The number of halogens is 3. The molecule has 0 unspecified atom stereocenters. The summed E-state index contributed by atoms with van der Waals surface area (Å²) in [6.07, 6.45) is -3.98. The molecular formula is C17H18F3NO. The Hall–Kier alpha value is -2.01. The molecule has 0 aliphatic carbocycles. The Kier molecular flexibility index (Phi) is 5.08. The highest BCUT2D eigenvalue weighted by atomic mass is 19.4. The average Bonchev–Trinajstić information content (AvgIpc) is 2.41. The summed E-state index contributed by atoms with van der Waals surface area (Å²) in [5, 5.41) is 0. The van der Waals surface area contributed by atoms with E-state index < -0.39 is 6.36 Å². The highest BCUT2D eigenvalue weighted by Gasteiger charge is 2.30. The molecular weight excluding hydrogens is 291 g/mol. The maximum atomic E-state index is 12.1. The topological polar surface area (TPSA) is 12.5 Å². The second-order valence-electron chi connectivity index (χ2n) is 5.38. The van der Waals surface area contributed by atoms with Crippen molar-refractivity contribution in [2.45, 2.75) is 19.3 Å². The third-order valence-corrected chi connectivity index (χ3v) is 3.16. The molecule has 0 aliphatic rings. The van der Waals surface area contributed by atoms with E-state index in [0.717, 1.165) is 12.1 Å². The predicted octanol–water partition coefficient (Wildman–Crippen LogP) is 4.24. The van der Waals surface area contributed by atoms with Crippen LogP contribution in [0.3, 0.4) is 0 Å². The highest BCUT2D eigenvalue weighted by Crippen LogP contribution is 2.24. The largest absolute Gasteiger partial charge is 0.573 e. The molecule has 2 aromatic carbocycles. The molecule has 0 amide bonds. The number of ether oxygens (including phenoxy) is 1. The second kappa shape index (κ2) is 6.83. The minimum Gasteiger partial charge on any atom is -0.406 e. The Morgan fingerprint density at radius 2 is 1.50 bits per heavy atom. The molecule has 0 spiro atoms. The number of alkyl halides is 3. The van der Waals surface area contributed by atoms with Gasteiger partial charge in [0.25, 0.3) is 0 Å². The van der Waals surface area contributed by atoms with Crippen LogP contribution in [-0.2, 0) is 13.0 Å². The Bertz CT molecular complexity index is 606. The molecule has 0 aliphatic heterocycles. The van der Waals surface area contributed by atoms with E-state index in [1.807, 2.05) is 32.3 Å². The van der Waals surface area contributed by atoms with Gasteiger partial charge in [0, 0.05) is 6.54 Å². The van der Waals surface area contributed by atoms with Crippen molar-refractivity contribution in [2.24, 2.45) is 0 Å². The number of nitrogens with zero attached hydrogens (tertiary/aromatic N) is 1. The molecule has 0 bridgehead atoms. The van der Waals surface area contributed by atoms with Gasteiger partial charge < -0.3 is 9.64 Å². The summed E-state index contributed by atoms with van der Waals surface area (Å²) in [6.45, 7) is 0.825. The summed E-state index contributed by atoms with van der Waals surface area (Å²) in [7, 11) is 4.00. The van der Waals surface area contributed by atoms with Crippen molar-refractivity contribution < 1.29 is 17.9 Å². The fourth-order valence-electron chi connectivity index (χ4n) is 2.25. The van der Waals surface area contributed by atoms with Gasteiger partial charge in [0.2, 0.25) is 0 Å². The maximum absolute atomic E-state index is 12.1. The lowest BCUT2D eigenvalue weighted by molar-refractivity contribution is -0.274. The van der Waals surface area contributed by atoms with Crippen molar-refractivity contribution in [2.75, 3.05) is 14.1 Å². The molecule has 0 radical (unpaired) electrons. The van der Waals surface area contributed by atoms with Gasteiger partial charge in [-0.3, -0.25) is 0 Å². The van der Waals surface area contributed by atoms with Gasteiger partial charge in [-0.1, -0.05) is 36.4 Å². The summed E-state index contributed by atoms with van der Waals surface area (Å²) < 4.78 is 40.3. The molecule has 2 nitrogen and oxygen atoms in total. The van der Waals surface area contributed by atoms with Crippen LogP contribution in [0, 0.1) is 0 Å². The molecule has 5 heteroatoms. The molecule has 0 saturated carbocycles. The number of hydrogen-bond acceptors (Lipinski definition) is 2. The van der Waals surface area contributed by atoms with E-state index in [0.29, 0.717) is 6.42 Å². The summed E-state index contributed by atoms with van der Waals surface area (Å²) in [5.74, 6) is -0.196. The zero-order valence-electron chi connectivity index (χ0n) is 12.5. The Labute approximate surface area is 128 Å². The lowest BCUT2D eigenvalue weighted by Gasteiger charge is -2.14. The van der Waals surface area contributed by atoms with E-state index >= 15 is 0 Å². The van der Waals surface area contributed by atoms with E-state index in [1.54, 1.807) is 12.1 Å². The number of hydrogen-bond donors (Lipinski definition) is 0. The standard InChI is InChI=1S/C17H18F3NO/c1-21(2)12-15-6-4-3-5-14(15)11-13-7-9-16(10-8-13)22-17(18,19)20/h3-10H,11-12H2,1-2H3. The van der Waals surface area contributed by atoms with Crippen LogP contribution >= 0.6 is 0 Å². The van der Waals surface area contributed by atoms with Gasteiger partial charge in [-0.05, 0) is 49.3 Å². The van der Waals surface area contributed by atoms with Crippen LogP contribution in [0.1, 0.15) is 16.7 Å². The molecule has 0 heterocycles. The first-order valence-corrected chi connectivity index (χ1v) is 6.90. The zero-order chi connectivity index (χ0) is 16.2. The molecule has 0 N–H and O–H groups in total. The average molecular weight is 309 g/mol. The SMILES string of the molecule is CN(C)Cc1ccccc1Cc1ccc(OC(F)(F)F)cc1. The van der Waals surface area contributed by atoms with Crippen molar-refractivity contribution in [3.63, 3.8) is 0 Å². The summed E-state index contributed by atoms with van der Waals surface area (Å²) in [6, 6.07) is 14.1. The van der Waals surface area contributed by atoms with Crippen LogP contribution in [0.4, 0.5) is 13.2 Å². The van der Waals surface area contributed by atoms with E-state index in [4.69, 9.17) is 0 Å². The van der Waals surface area contributed by atoms with Gasteiger partial charge in [0.15, 0.2) is 0 Å². The van der Waals surface area contributed by atoms with Crippen molar-refractivity contribution in [3.05, 3.63) is 65.2 Å². The Balaban J connectivity index is 2.11. The minimum atomic E-state index is -4.65. The first-order valence-electron chi connectivity index (χ1n) is 6.90. The lowest BCUT2D eigenvalue weighted by Crippen LogP contribution is -2.17. The van der Waals surface area contributed by atoms with Crippen LogP contribution in [0.5, 0.6) is 5.75 Å². The predicted molar refractivity (Wildman–Crippen MR) is 79.8 cm³/mol. The van der Waals surface area contributed by atoms with Crippen molar-refractivity contribution in [1.82, 2.24) is 4.90 Å². The molecule has 0 aromatic heterocycles. The van der Waals surface area contributed by atoms with Crippen LogP contribution in [-0.4, -0.2) is 25.4 Å². The quantitative estimate of drug-likeness (QED) is 0.819. The van der Waals surface area contributed by atoms with Gasteiger partial charge in [-0.2, -0.15) is 0 Å². The normalized spacial score (nSPS) is 11.7. The van der Waals surface area contributed by atoms with Crippen LogP contribution in [0.2, 0.25) is 0 Å². The van der Waals surface area contributed by atoms with E-state index in [2.05, 4.69) is 15.7 Å². The second-order valence-corrected chi connectivity index (χ2v) is 5.38. The third-order valence-electron chi connectivity index (χ3n) is 3.16. The highest BCUT2D eigenvalue weighted by molar-refractivity contribution is 5.35. The zero-order valence-corrected chi connectivity index (χ0v) is 12.5. The molecule has 0 atom stereocenters. The van der Waals surface area contributed by atoms with Crippen LogP contribution < -0.4 is 4.74 Å². The molecule has 2 rings (SSSR count). The lowest BCUT2D eigenvalue weighted by atomic mass is 9.99. The summed E-state index contributed by atoms with van der Waals surface area (Å²) in [5.41, 5.74) is 3.32. The molecule has 22 heavy (non-hydrogen) atoms. The third kappa shape index (κ3) is 5.07. The van der Waals surface area contributed by atoms with Gasteiger partial charge >= 0.3 is 6.36 Å². The van der Waals surface area contributed by atoms with Crippen molar-refractivity contribution in [1.29, 1.82) is 0 Å². The van der Waals surface area contributed by atoms with E-state index in [1.165, 1.54) is 23.3 Å². The van der Waals surface area contributed by atoms with Gasteiger partial charge in [0.1, 0.15) is 5.75 Å². The molecule has 0 fully saturated rings. The van der Waals surface area contributed by atoms with Gasteiger partial charge in [-0.15, -0.1) is 13.2 Å². The Morgan fingerprint density at radius 1 is 0.909 bits per heavy atom. The van der Waals surface area contributed by atoms with E-state index in [-0.39, 0.29) is 5.75 Å². The Morgan fingerprint density at radius 3 is 2.05 bits per heavy atom. The molecule has 0 saturated heterocycles.